The van der Waals surface area contributed by atoms with Gasteiger partial charge in [-0.2, -0.15) is 10.4 Å². The van der Waals surface area contributed by atoms with Gasteiger partial charge in [-0.3, -0.25) is 4.68 Å². The fraction of sp³-hybridized carbons (Fsp3) is 0.167. The highest BCUT2D eigenvalue weighted by Crippen LogP contribution is 2.18. The second kappa shape index (κ2) is 4.66. The van der Waals surface area contributed by atoms with Crippen molar-refractivity contribution in [2.24, 2.45) is 7.05 Å². The minimum absolute atomic E-state index is 0.0367. The molecule has 0 unspecified atom stereocenters. The number of nitrogens with one attached hydrogen (secondary N) is 1. The lowest BCUT2D eigenvalue weighted by molar-refractivity contribution is 0.624. The highest BCUT2D eigenvalue weighted by Gasteiger charge is 2.07. The molecule has 5 heteroatoms. The molecule has 1 aromatic carbocycles. The van der Waals surface area contributed by atoms with Crippen molar-refractivity contribution in [3.63, 3.8) is 0 Å². The van der Waals surface area contributed by atoms with Gasteiger partial charge in [-0.15, -0.1) is 0 Å². The minimum atomic E-state index is -0.512. The summed E-state index contributed by atoms with van der Waals surface area (Å²) < 4.78 is 15.0. The van der Waals surface area contributed by atoms with Crippen molar-refractivity contribution in [2.45, 2.75) is 6.54 Å². The second-order valence-electron chi connectivity index (χ2n) is 3.57. The monoisotopic (exact) mass is 230 g/mol. The second-order valence-corrected chi connectivity index (χ2v) is 3.57. The number of anilines is 1. The van der Waals surface area contributed by atoms with Gasteiger partial charge in [-0.25, -0.2) is 4.39 Å². The van der Waals surface area contributed by atoms with Crippen LogP contribution in [0.5, 0.6) is 0 Å². The van der Waals surface area contributed by atoms with E-state index in [0.717, 1.165) is 5.69 Å². The lowest BCUT2D eigenvalue weighted by Crippen LogP contribution is -2.06. The smallest absolute Gasteiger partial charge is 0.143 e. The molecule has 0 saturated heterocycles. The number of nitriles is 1. The Balaban J connectivity index is 2.18. The number of hydrogen-bond acceptors (Lipinski definition) is 3. The number of hydrogen-bond donors (Lipinski definition) is 1. The molecule has 0 amide bonds. The van der Waals surface area contributed by atoms with E-state index < -0.39 is 5.82 Å². The maximum Gasteiger partial charge on any atom is 0.143 e. The standard InChI is InChI=1S/C12H11FN4/c1-17-9(5-6-16-17)8-15-12-4-2-3-11(13)10(12)7-14/h2-6,15H,8H2,1H3. The summed E-state index contributed by atoms with van der Waals surface area (Å²) in [7, 11) is 1.83. The molecule has 2 rings (SSSR count). The number of aryl methyl sites for hydroxylation is 1. The van der Waals surface area contributed by atoms with Gasteiger partial charge in [0.05, 0.1) is 17.9 Å². The summed E-state index contributed by atoms with van der Waals surface area (Å²) in [5.41, 5.74) is 1.49. The molecule has 2 aromatic rings. The molecule has 4 nitrogen and oxygen atoms in total. The molecule has 1 aromatic heterocycles. The van der Waals surface area contributed by atoms with Crippen molar-refractivity contribution in [1.29, 1.82) is 5.26 Å². The van der Waals surface area contributed by atoms with Crippen LogP contribution >= 0.6 is 0 Å². The Bertz CT molecular complexity index is 568. The van der Waals surface area contributed by atoms with Crippen molar-refractivity contribution < 1.29 is 4.39 Å². The van der Waals surface area contributed by atoms with Crippen LogP contribution in [0.4, 0.5) is 10.1 Å². The Labute approximate surface area is 98.3 Å². The Morgan fingerprint density at radius 1 is 1.47 bits per heavy atom. The number of halogens is 1. The number of rotatable bonds is 3. The van der Waals surface area contributed by atoms with Crippen LogP contribution < -0.4 is 5.32 Å². The molecule has 0 atom stereocenters. The van der Waals surface area contributed by atoms with Crippen molar-refractivity contribution in [3.05, 3.63) is 47.5 Å². The highest BCUT2D eigenvalue weighted by atomic mass is 19.1. The van der Waals surface area contributed by atoms with E-state index in [0.29, 0.717) is 12.2 Å². The van der Waals surface area contributed by atoms with Gasteiger partial charge in [0.25, 0.3) is 0 Å². The van der Waals surface area contributed by atoms with E-state index in [9.17, 15) is 4.39 Å². The average molecular weight is 230 g/mol. The largest absolute Gasteiger partial charge is 0.378 e. The molecule has 17 heavy (non-hydrogen) atoms. The van der Waals surface area contributed by atoms with Crippen LogP contribution in [0.1, 0.15) is 11.3 Å². The Morgan fingerprint density at radius 2 is 2.29 bits per heavy atom. The molecule has 0 spiro atoms. The first-order valence-electron chi connectivity index (χ1n) is 5.11. The third-order valence-corrected chi connectivity index (χ3v) is 2.51. The molecule has 0 bridgehead atoms. The summed E-state index contributed by atoms with van der Waals surface area (Å²) in [6.07, 6.45) is 1.69. The van der Waals surface area contributed by atoms with E-state index in [1.54, 1.807) is 23.0 Å². The molecule has 1 N–H and O–H groups in total. The molecule has 0 fully saturated rings. The third-order valence-electron chi connectivity index (χ3n) is 2.51. The SMILES string of the molecule is Cn1nccc1CNc1cccc(F)c1C#N. The molecule has 1 heterocycles. The van der Waals surface area contributed by atoms with Gasteiger partial charge in [-0.1, -0.05) is 6.07 Å². The molecule has 0 aliphatic carbocycles. The van der Waals surface area contributed by atoms with Crippen LogP contribution in [0.3, 0.4) is 0 Å². The maximum atomic E-state index is 13.3. The van der Waals surface area contributed by atoms with Gasteiger partial charge >= 0.3 is 0 Å². The normalized spacial score (nSPS) is 9.94. The Kier molecular flexibility index (Phi) is 3.06. The van der Waals surface area contributed by atoms with Crippen molar-refractivity contribution in [1.82, 2.24) is 9.78 Å². The fourth-order valence-electron chi connectivity index (χ4n) is 1.55. The number of benzene rings is 1. The molecular formula is C12H11FN4. The van der Waals surface area contributed by atoms with E-state index in [1.807, 2.05) is 19.2 Å². The summed E-state index contributed by atoms with van der Waals surface area (Å²) in [5.74, 6) is -0.512. The molecule has 86 valence electrons. The molecule has 0 aliphatic heterocycles. The van der Waals surface area contributed by atoms with E-state index in [2.05, 4.69) is 10.4 Å². The van der Waals surface area contributed by atoms with E-state index in [4.69, 9.17) is 5.26 Å². The number of aromatic nitrogens is 2. The average Bonchev–Trinajstić information content (AvgIpc) is 2.72. The zero-order valence-electron chi connectivity index (χ0n) is 9.31. The van der Waals surface area contributed by atoms with Gasteiger partial charge in [0.2, 0.25) is 0 Å². The Hall–Kier alpha value is -2.35. The molecular weight excluding hydrogens is 219 g/mol. The van der Waals surface area contributed by atoms with Crippen LogP contribution in [-0.4, -0.2) is 9.78 Å². The third kappa shape index (κ3) is 2.26. The van der Waals surface area contributed by atoms with E-state index >= 15 is 0 Å². The zero-order valence-corrected chi connectivity index (χ0v) is 9.31. The van der Waals surface area contributed by atoms with Crippen molar-refractivity contribution in [2.75, 3.05) is 5.32 Å². The van der Waals surface area contributed by atoms with Gasteiger partial charge in [0.15, 0.2) is 0 Å². The van der Waals surface area contributed by atoms with Crippen molar-refractivity contribution >= 4 is 5.69 Å². The van der Waals surface area contributed by atoms with E-state index in [1.165, 1.54) is 6.07 Å². The lowest BCUT2D eigenvalue weighted by atomic mass is 10.2. The quantitative estimate of drug-likeness (QED) is 0.877. The molecule has 0 aliphatic rings. The van der Waals surface area contributed by atoms with Gasteiger partial charge in [0.1, 0.15) is 17.4 Å². The van der Waals surface area contributed by atoms with Crippen LogP contribution in [-0.2, 0) is 13.6 Å². The zero-order chi connectivity index (χ0) is 12.3. The van der Waals surface area contributed by atoms with Gasteiger partial charge in [-0.05, 0) is 18.2 Å². The van der Waals surface area contributed by atoms with Gasteiger partial charge < -0.3 is 5.32 Å². The van der Waals surface area contributed by atoms with Crippen molar-refractivity contribution in [3.8, 4) is 6.07 Å². The van der Waals surface area contributed by atoms with Crippen LogP contribution in [0, 0.1) is 17.1 Å². The predicted molar refractivity (Wildman–Crippen MR) is 61.6 cm³/mol. The summed E-state index contributed by atoms with van der Waals surface area (Å²) in [4.78, 5) is 0. The fourth-order valence-corrected chi connectivity index (χ4v) is 1.55. The first kappa shape index (κ1) is 11.1. The van der Waals surface area contributed by atoms with Gasteiger partial charge in [0, 0.05) is 13.2 Å². The van der Waals surface area contributed by atoms with Crippen LogP contribution in [0.2, 0.25) is 0 Å². The Morgan fingerprint density at radius 3 is 2.94 bits per heavy atom. The molecule has 0 radical (unpaired) electrons. The first-order valence-corrected chi connectivity index (χ1v) is 5.11. The minimum Gasteiger partial charge on any atom is -0.378 e. The topological polar surface area (TPSA) is 53.6 Å². The van der Waals surface area contributed by atoms with E-state index in [-0.39, 0.29) is 5.56 Å². The maximum absolute atomic E-state index is 13.3. The summed E-state index contributed by atoms with van der Waals surface area (Å²) >= 11 is 0. The lowest BCUT2D eigenvalue weighted by Gasteiger charge is -2.08. The number of nitrogens with zero attached hydrogens (tertiary/aromatic N) is 3. The summed E-state index contributed by atoms with van der Waals surface area (Å²) in [5, 5.41) is 15.9. The summed E-state index contributed by atoms with van der Waals surface area (Å²) in [6.45, 7) is 0.495. The summed E-state index contributed by atoms with van der Waals surface area (Å²) in [6, 6.07) is 8.23. The first-order chi connectivity index (χ1) is 8.22. The van der Waals surface area contributed by atoms with Crippen LogP contribution in [0.25, 0.3) is 0 Å². The highest BCUT2D eigenvalue weighted by molar-refractivity contribution is 5.57. The van der Waals surface area contributed by atoms with Crippen LogP contribution in [0.15, 0.2) is 30.5 Å². The molecule has 0 saturated carbocycles. The predicted octanol–water partition coefficient (Wildman–Crippen LogP) is 2.04.